The molecule has 0 spiro atoms. The van der Waals surface area contributed by atoms with Crippen molar-refractivity contribution in [3.8, 4) is 16.9 Å². The number of rotatable bonds is 6. The molecule has 2 aromatic carbocycles. The first-order chi connectivity index (χ1) is 12.4. The van der Waals surface area contributed by atoms with Crippen molar-refractivity contribution < 1.29 is 9.90 Å². The van der Waals surface area contributed by atoms with Crippen molar-refractivity contribution in [2.24, 2.45) is 0 Å². The van der Waals surface area contributed by atoms with E-state index in [1.165, 1.54) is 0 Å². The normalized spacial score (nSPS) is 10.9. The van der Waals surface area contributed by atoms with Crippen LogP contribution in [0.2, 0.25) is 15.1 Å². The number of aromatic nitrogens is 2. The standard InChI is InChI=1S/C19H15Cl3N2O2/c20-13-4-6-17(7-5-13)24-18(12-8-14(21)10-15(22)9-12)11-16(23-24)2-1-3-19(25)26/h4-11H,1-3H2,(H,25,26). The summed E-state index contributed by atoms with van der Waals surface area (Å²) in [5.74, 6) is -0.816. The highest BCUT2D eigenvalue weighted by Crippen LogP contribution is 2.30. The zero-order valence-electron chi connectivity index (χ0n) is 13.6. The van der Waals surface area contributed by atoms with Crippen molar-refractivity contribution in [1.82, 2.24) is 9.78 Å². The van der Waals surface area contributed by atoms with Gasteiger partial charge in [-0.1, -0.05) is 34.8 Å². The average Bonchev–Trinajstić information content (AvgIpc) is 2.98. The highest BCUT2D eigenvalue weighted by molar-refractivity contribution is 6.35. The van der Waals surface area contributed by atoms with Crippen LogP contribution in [0.5, 0.6) is 0 Å². The quantitative estimate of drug-likeness (QED) is 0.551. The van der Waals surface area contributed by atoms with Gasteiger partial charge in [0.1, 0.15) is 0 Å². The van der Waals surface area contributed by atoms with E-state index >= 15 is 0 Å². The summed E-state index contributed by atoms with van der Waals surface area (Å²) in [7, 11) is 0. The fraction of sp³-hybridized carbons (Fsp3) is 0.158. The molecule has 26 heavy (non-hydrogen) atoms. The Bertz CT molecular complexity index is 916. The predicted octanol–water partition coefficient (Wildman–Crippen LogP) is 5.91. The molecule has 0 saturated carbocycles. The number of carboxylic acid groups (broad SMARTS) is 1. The summed E-state index contributed by atoms with van der Waals surface area (Å²) in [5.41, 5.74) is 3.29. The molecule has 1 heterocycles. The summed E-state index contributed by atoms with van der Waals surface area (Å²) < 4.78 is 1.79. The topological polar surface area (TPSA) is 55.1 Å². The summed E-state index contributed by atoms with van der Waals surface area (Å²) in [6, 6.07) is 14.5. The van der Waals surface area contributed by atoms with E-state index in [1.807, 2.05) is 30.3 Å². The van der Waals surface area contributed by atoms with Gasteiger partial charge in [0.15, 0.2) is 0 Å². The fourth-order valence-electron chi connectivity index (χ4n) is 2.66. The Morgan fingerprint density at radius 3 is 2.23 bits per heavy atom. The highest BCUT2D eigenvalue weighted by Gasteiger charge is 2.13. The highest BCUT2D eigenvalue weighted by atomic mass is 35.5. The van der Waals surface area contributed by atoms with Crippen molar-refractivity contribution in [1.29, 1.82) is 0 Å². The lowest BCUT2D eigenvalue weighted by molar-refractivity contribution is -0.137. The van der Waals surface area contributed by atoms with Crippen LogP contribution < -0.4 is 0 Å². The minimum Gasteiger partial charge on any atom is -0.481 e. The molecule has 4 nitrogen and oxygen atoms in total. The third kappa shape index (κ3) is 4.58. The minimum atomic E-state index is -0.816. The summed E-state index contributed by atoms with van der Waals surface area (Å²) in [6.07, 6.45) is 1.18. The number of aliphatic carboxylic acids is 1. The number of carboxylic acids is 1. The van der Waals surface area contributed by atoms with Crippen LogP contribution in [0.3, 0.4) is 0 Å². The van der Waals surface area contributed by atoms with Crippen LogP contribution in [-0.2, 0) is 11.2 Å². The first-order valence-corrected chi connectivity index (χ1v) is 9.09. The van der Waals surface area contributed by atoms with E-state index < -0.39 is 5.97 Å². The molecule has 0 amide bonds. The van der Waals surface area contributed by atoms with Crippen LogP contribution in [0.25, 0.3) is 16.9 Å². The Labute approximate surface area is 165 Å². The molecule has 0 saturated heterocycles. The van der Waals surface area contributed by atoms with E-state index in [9.17, 15) is 4.79 Å². The van der Waals surface area contributed by atoms with Crippen molar-refractivity contribution in [3.63, 3.8) is 0 Å². The molecule has 3 aromatic rings. The predicted molar refractivity (Wildman–Crippen MR) is 105 cm³/mol. The number of hydrogen-bond donors (Lipinski definition) is 1. The van der Waals surface area contributed by atoms with Gasteiger partial charge < -0.3 is 5.11 Å². The van der Waals surface area contributed by atoms with Crippen LogP contribution in [0.4, 0.5) is 0 Å². The number of benzene rings is 2. The molecular formula is C19H15Cl3N2O2. The van der Waals surface area contributed by atoms with Gasteiger partial charge in [0.05, 0.1) is 17.1 Å². The molecule has 0 bridgehead atoms. The Balaban J connectivity index is 2.03. The Hall–Kier alpha value is -2.01. The number of hydrogen-bond acceptors (Lipinski definition) is 2. The molecule has 0 atom stereocenters. The Kier molecular flexibility index (Phi) is 5.87. The Morgan fingerprint density at radius 1 is 0.962 bits per heavy atom. The maximum Gasteiger partial charge on any atom is 0.303 e. The summed E-state index contributed by atoms with van der Waals surface area (Å²) >= 11 is 18.3. The van der Waals surface area contributed by atoms with E-state index in [0.717, 1.165) is 22.6 Å². The fourth-order valence-corrected chi connectivity index (χ4v) is 3.31. The lowest BCUT2D eigenvalue weighted by Gasteiger charge is -2.08. The summed E-state index contributed by atoms with van der Waals surface area (Å²) in [6.45, 7) is 0. The second-order valence-corrected chi connectivity index (χ2v) is 7.12. The number of carbonyl (C=O) groups is 1. The maximum absolute atomic E-state index is 10.7. The van der Waals surface area contributed by atoms with Gasteiger partial charge in [0, 0.05) is 27.1 Å². The van der Waals surface area contributed by atoms with Crippen molar-refractivity contribution in [3.05, 3.63) is 69.3 Å². The van der Waals surface area contributed by atoms with Gasteiger partial charge in [-0.15, -0.1) is 0 Å². The van der Waals surface area contributed by atoms with Crippen molar-refractivity contribution >= 4 is 40.8 Å². The van der Waals surface area contributed by atoms with Gasteiger partial charge in [0.25, 0.3) is 0 Å². The Morgan fingerprint density at radius 2 is 1.62 bits per heavy atom. The second-order valence-electron chi connectivity index (χ2n) is 5.81. The average molecular weight is 410 g/mol. The molecule has 3 rings (SSSR count). The molecule has 0 fully saturated rings. The summed E-state index contributed by atoms with van der Waals surface area (Å²) in [4.78, 5) is 10.7. The van der Waals surface area contributed by atoms with Crippen LogP contribution in [0.15, 0.2) is 48.5 Å². The molecule has 7 heteroatoms. The van der Waals surface area contributed by atoms with E-state index in [0.29, 0.717) is 27.9 Å². The lowest BCUT2D eigenvalue weighted by Crippen LogP contribution is -2.00. The van der Waals surface area contributed by atoms with E-state index in [4.69, 9.17) is 39.9 Å². The molecule has 0 aliphatic carbocycles. The van der Waals surface area contributed by atoms with Gasteiger partial charge in [-0.3, -0.25) is 4.79 Å². The smallest absolute Gasteiger partial charge is 0.303 e. The zero-order chi connectivity index (χ0) is 18.7. The van der Waals surface area contributed by atoms with Gasteiger partial charge in [0.2, 0.25) is 0 Å². The van der Waals surface area contributed by atoms with Crippen LogP contribution in [0.1, 0.15) is 18.5 Å². The maximum atomic E-state index is 10.7. The second kappa shape index (κ2) is 8.12. The molecule has 0 aliphatic heterocycles. The van der Waals surface area contributed by atoms with E-state index in [1.54, 1.807) is 22.9 Å². The van der Waals surface area contributed by atoms with Crippen LogP contribution in [0, 0.1) is 0 Å². The monoisotopic (exact) mass is 408 g/mol. The van der Waals surface area contributed by atoms with Gasteiger partial charge in [-0.25, -0.2) is 4.68 Å². The largest absolute Gasteiger partial charge is 0.481 e. The first kappa shape index (κ1) is 18.8. The molecule has 134 valence electrons. The molecule has 0 radical (unpaired) electrons. The van der Waals surface area contributed by atoms with Crippen LogP contribution in [-0.4, -0.2) is 20.9 Å². The third-order valence-corrected chi connectivity index (χ3v) is 4.50. The lowest BCUT2D eigenvalue weighted by atomic mass is 10.1. The van der Waals surface area contributed by atoms with Crippen molar-refractivity contribution in [2.75, 3.05) is 0 Å². The van der Waals surface area contributed by atoms with Crippen LogP contribution >= 0.6 is 34.8 Å². The number of nitrogens with zero attached hydrogens (tertiary/aromatic N) is 2. The molecule has 0 unspecified atom stereocenters. The molecule has 1 aromatic heterocycles. The molecule has 0 aliphatic rings. The minimum absolute atomic E-state index is 0.103. The number of aryl methyl sites for hydroxylation is 1. The summed E-state index contributed by atoms with van der Waals surface area (Å²) in [5, 5.41) is 15.2. The van der Waals surface area contributed by atoms with E-state index in [2.05, 4.69) is 5.10 Å². The molecular weight excluding hydrogens is 395 g/mol. The van der Waals surface area contributed by atoms with Gasteiger partial charge in [-0.2, -0.15) is 5.10 Å². The zero-order valence-corrected chi connectivity index (χ0v) is 15.9. The van der Waals surface area contributed by atoms with Crippen molar-refractivity contribution in [2.45, 2.75) is 19.3 Å². The van der Waals surface area contributed by atoms with E-state index in [-0.39, 0.29) is 6.42 Å². The first-order valence-electron chi connectivity index (χ1n) is 7.95. The SMILES string of the molecule is O=C(O)CCCc1cc(-c2cc(Cl)cc(Cl)c2)n(-c2ccc(Cl)cc2)n1. The van der Waals surface area contributed by atoms with Gasteiger partial charge in [-0.05, 0) is 61.4 Å². The number of halogens is 3. The third-order valence-electron chi connectivity index (χ3n) is 3.81. The molecule has 1 N–H and O–H groups in total. The van der Waals surface area contributed by atoms with Gasteiger partial charge >= 0.3 is 5.97 Å².